The fourth-order valence-electron chi connectivity index (χ4n) is 2.29. The largest absolute Gasteiger partial charge is 0.381 e. The van der Waals surface area contributed by atoms with Crippen molar-refractivity contribution in [3.05, 3.63) is 11.7 Å². The highest BCUT2D eigenvalue weighted by Gasteiger charge is 2.28. The maximum absolute atomic E-state index is 12.3. The molecule has 112 valence electrons. The second kappa shape index (κ2) is 6.83. The standard InChI is InChI=1S/C14H23N3O3/c1-4-17(14(18)11-5-6-19-9-11)8-12-15-13(20-16-12)7-10(2)3/h10-11H,4-9H2,1-3H3. The average Bonchev–Trinajstić information content (AvgIpc) is 3.05. The minimum Gasteiger partial charge on any atom is -0.381 e. The lowest BCUT2D eigenvalue weighted by molar-refractivity contribution is -0.136. The van der Waals surface area contributed by atoms with Crippen molar-refractivity contribution in [2.75, 3.05) is 19.8 Å². The van der Waals surface area contributed by atoms with Gasteiger partial charge in [-0.25, -0.2) is 0 Å². The van der Waals surface area contributed by atoms with Gasteiger partial charge in [0.2, 0.25) is 11.8 Å². The third-order valence-corrected chi connectivity index (χ3v) is 3.40. The van der Waals surface area contributed by atoms with Gasteiger partial charge in [-0.15, -0.1) is 0 Å². The molecule has 1 aromatic heterocycles. The Balaban J connectivity index is 1.95. The van der Waals surface area contributed by atoms with Gasteiger partial charge in [0.05, 0.1) is 19.1 Å². The van der Waals surface area contributed by atoms with Crippen LogP contribution < -0.4 is 0 Å². The molecule has 1 aliphatic heterocycles. The highest BCUT2D eigenvalue weighted by atomic mass is 16.5. The van der Waals surface area contributed by atoms with Crippen LogP contribution in [0.15, 0.2) is 4.52 Å². The third-order valence-electron chi connectivity index (χ3n) is 3.40. The van der Waals surface area contributed by atoms with Gasteiger partial charge < -0.3 is 14.2 Å². The van der Waals surface area contributed by atoms with Gasteiger partial charge in [-0.1, -0.05) is 19.0 Å². The smallest absolute Gasteiger partial charge is 0.228 e. The third kappa shape index (κ3) is 3.79. The van der Waals surface area contributed by atoms with Crippen molar-refractivity contribution in [1.82, 2.24) is 15.0 Å². The normalized spacial score (nSPS) is 18.7. The highest BCUT2D eigenvalue weighted by Crippen LogP contribution is 2.17. The first-order valence-electron chi connectivity index (χ1n) is 7.28. The van der Waals surface area contributed by atoms with Crippen molar-refractivity contribution >= 4 is 5.91 Å². The van der Waals surface area contributed by atoms with Crippen molar-refractivity contribution in [3.63, 3.8) is 0 Å². The Hall–Kier alpha value is -1.43. The molecule has 1 saturated heterocycles. The number of aromatic nitrogens is 2. The summed E-state index contributed by atoms with van der Waals surface area (Å²) in [6.07, 6.45) is 1.57. The van der Waals surface area contributed by atoms with E-state index in [4.69, 9.17) is 9.26 Å². The summed E-state index contributed by atoms with van der Waals surface area (Å²) < 4.78 is 10.5. The van der Waals surface area contributed by atoms with Crippen molar-refractivity contribution in [3.8, 4) is 0 Å². The van der Waals surface area contributed by atoms with Crippen LogP contribution in [0.25, 0.3) is 0 Å². The van der Waals surface area contributed by atoms with Gasteiger partial charge in [-0.05, 0) is 19.3 Å². The van der Waals surface area contributed by atoms with E-state index in [0.29, 0.717) is 43.9 Å². The van der Waals surface area contributed by atoms with Crippen molar-refractivity contribution < 1.29 is 14.1 Å². The molecule has 1 amide bonds. The molecule has 0 aliphatic carbocycles. The van der Waals surface area contributed by atoms with Crippen LogP contribution in [0.5, 0.6) is 0 Å². The van der Waals surface area contributed by atoms with Gasteiger partial charge in [0.25, 0.3) is 0 Å². The number of hydrogen-bond acceptors (Lipinski definition) is 5. The second-order valence-electron chi connectivity index (χ2n) is 5.62. The van der Waals surface area contributed by atoms with E-state index in [1.165, 1.54) is 0 Å². The molecule has 20 heavy (non-hydrogen) atoms. The van der Waals surface area contributed by atoms with Crippen LogP contribution in [0.4, 0.5) is 0 Å². The zero-order valence-corrected chi connectivity index (χ0v) is 12.5. The lowest BCUT2D eigenvalue weighted by Gasteiger charge is -2.21. The number of hydrogen-bond donors (Lipinski definition) is 0. The second-order valence-corrected chi connectivity index (χ2v) is 5.62. The number of nitrogens with zero attached hydrogens (tertiary/aromatic N) is 3. The van der Waals surface area contributed by atoms with Gasteiger partial charge in [-0.2, -0.15) is 4.98 Å². The van der Waals surface area contributed by atoms with Gasteiger partial charge in [0.1, 0.15) is 0 Å². The molecule has 1 fully saturated rings. The molecule has 6 nitrogen and oxygen atoms in total. The number of amides is 1. The van der Waals surface area contributed by atoms with Crippen molar-refractivity contribution in [2.24, 2.45) is 11.8 Å². The quantitative estimate of drug-likeness (QED) is 0.793. The summed E-state index contributed by atoms with van der Waals surface area (Å²) in [4.78, 5) is 18.4. The van der Waals surface area contributed by atoms with Crippen LogP contribution in [-0.4, -0.2) is 40.7 Å². The molecule has 1 aliphatic rings. The van der Waals surface area contributed by atoms with Crippen LogP contribution in [0, 0.1) is 11.8 Å². The van der Waals surface area contributed by atoms with Crippen LogP contribution in [0.3, 0.4) is 0 Å². The van der Waals surface area contributed by atoms with Crippen molar-refractivity contribution in [2.45, 2.75) is 40.2 Å². The van der Waals surface area contributed by atoms with Crippen molar-refractivity contribution in [1.29, 1.82) is 0 Å². The fourth-order valence-corrected chi connectivity index (χ4v) is 2.29. The average molecular weight is 281 g/mol. The van der Waals surface area contributed by atoms with E-state index >= 15 is 0 Å². The molecule has 2 heterocycles. The summed E-state index contributed by atoms with van der Waals surface area (Å²) in [6.45, 7) is 8.42. The van der Waals surface area contributed by atoms with Gasteiger partial charge >= 0.3 is 0 Å². The Labute approximate surface area is 119 Å². The summed E-state index contributed by atoms with van der Waals surface area (Å²) >= 11 is 0. The molecule has 1 atom stereocenters. The number of ether oxygens (including phenoxy) is 1. The first-order chi connectivity index (χ1) is 9.60. The van der Waals surface area contributed by atoms with E-state index in [0.717, 1.165) is 12.8 Å². The number of carbonyl (C=O) groups excluding carboxylic acids is 1. The van der Waals surface area contributed by atoms with E-state index in [2.05, 4.69) is 24.0 Å². The Morgan fingerprint density at radius 1 is 1.50 bits per heavy atom. The van der Waals surface area contributed by atoms with E-state index in [1.807, 2.05) is 6.92 Å². The van der Waals surface area contributed by atoms with E-state index in [1.54, 1.807) is 4.90 Å². The lowest BCUT2D eigenvalue weighted by Crippen LogP contribution is -2.36. The van der Waals surface area contributed by atoms with Crippen LogP contribution in [0.2, 0.25) is 0 Å². The number of rotatable bonds is 6. The molecule has 0 spiro atoms. The zero-order chi connectivity index (χ0) is 14.5. The predicted octanol–water partition coefficient (Wildman–Crippen LogP) is 1.65. The molecule has 0 radical (unpaired) electrons. The Kier molecular flexibility index (Phi) is 5.11. The molecule has 0 N–H and O–H groups in total. The molecular formula is C14H23N3O3. The molecule has 0 bridgehead atoms. The van der Waals surface area contributed by atoms with Crippen LogP contribution in [-0.2, 0) is 22.5 Å². The maximum Gasteiger partial charge on any atom is 0.228 e. The first kappa shape index (κ1) is 15.0. The monoisotopic (exact) mass is 281 g/mol. The minimum absolute atomic E-state index is 0.0167. The summed E-state index contributed by atoms with van der Waals surface area (Å²) in [5, 5.41) is 3.95. The van der Waals surface area contributed by atoms with E-state index in [-0.39, 0.29) is 11.8 Å². The van der Waals surface area contributed by atoms with E-state index in [9.17, 15) is 4.79 Å². The fraction of sp³-hybridized carbons (Fsp3) is 0.786. The Morgan fingerprint density at radius 2 is 2.30 bits per heavy atom. The molecule has 1 unspecified atom stereocenters. The summed E-state index contributed by atoms with van der Waals surface area (Å²) in [5.74, 6) is 1.80. The predicted molar refractivity (Wildman–Crippen MR) is 72.9 cm³/mol. The molecule has 2 rings (SSSR count). The van der Waals surface area contributed by atoms with E-state index < -0.39 is 0 Å². The topological polar surface area (TPSA) is 68.5 Å². The van der Waals surface area contributed by atoms with Gasteiger partial charge in [0, 0.05) is 19.6 Å². The maximum atomic E-state index is 12.3. The van der Waals surface area contributed by atoms with Gasteiger partial charge in [-0.3, -0.25) is 4.79 Å². The molecule has 0 aromatic carbocycles. The van der Waals surface area contributed by atoms with Gasteiger partial charge in [0.15, 0.2) is 5.82 Å². The molecular weight excluding hydrogens is 258 g/mol. The lowest BCUT2D eigenvalue weighted by atomic mass is 10.1. The van der Waals surface area contributed by atoms with Crippen LogP contribution in [0.1, 0.15) is 38.9 Å². The summed E-state index contributed by atoms with van der Waals surface area (Å²) in [5.41, 5.74) is 0. The minimum atomic E-state index is -0.0167. The Morgan fingerprint density at radius 3 is 2.90 bits per heavy atom. The zero-order valence-electron chi connectivity index (χ0n) is 12.5. The molecule has 0 saturated carbocycles. The van der Waals surface area contributed by atoms with Crippen LogP contribution >= 0.6 is 0 Å². The SMILES string of the molecule is CCN(Cc1noc(CC(C)C)n1)C(=O)C1CCOC1. The first-order valence-corrected chi connectivity index (χ1v) is 7.28. The number of carbonyl (C=O) groups is 1. The summed E-state index contributed by atoms with van der Waals surface area (Å²) in [7, 11) is 0. The highest BCUT2D eigenvalue weighted by molar-refractivity contribution is 5.79. The Bertz CT molecular complexity index is 439. The molecule has 1 aromatic rings. The summed E-state index contributed by atoms with van der Waals surface area (Å²) in [6, 6.07) is 0. The molecule has 6 heteroatoms.